The van der Waals surface area contributed by atoms with Crippen LogP contribution in [-0.4, -0.2) is 44.0 Å². The zero-order valence-corrected chi connectivity index (χ0v) is 14.6. The number of rotatable bonds is 2. The Morgan fingerprint density at radius 1 is 1.18 bits per heavy atom. The van der Waals surface area contributed by atoms with Gasteiger partial charge in [0.15, 0.2) is 5.96 Å². The van der Waals surface area contributed by atoms with Crippen molar-refractivity contribution in [3.63, 3.8) is 0 Å². The largest absolute Gasteiger partial charge is 0.349 e. The van der Waals surface area contributed by atoms with Crippen LogP contribution in [0.2, 0.25) is 0 Å². The van der Waals surface area contributed by atoms with Gasteiger partial charge in [0.25, 0.3) is 0 Å². The Morgan fingerprint density at radius 3 is 2.24 bits per heavy atom. The monoisotopic (exact) mass is 411 g/mol. The van der Waals surface area contributed by atoms with Crippen molar-refractivity contribution in [1.29, 1.82) is 0 Å². The summed E-state index contributed by atoms with van der Waals surface area (Å²) in [6, 6.07) is 8.22. The van der Waals surface area contributed by atoms with E-state index in [9.17, 15) is 0 Å². The van der Waals surface area contributed by atoms with Crippen molar-refractivity contribution in [2.75, 3.05) is 28.2 Å². The Balaban J connectivity index is 0.00000256. The first-order valence-corrected chi connectivity index (χ1v) is 5.93. The molecule has 0 unspecified atom stereocenters. The molecule has 0 aliphatic rings. The van der Waals surface area contributed by atoms with Crippen LogP contribution in [0.3, 0.4) is 0 Å². The molecule has 0 heterocycles. The molecule has 1 aromatic rings. The van der Waals surface area contributed by atoms with Gasteiger partial charge in [0.05, 0.1) is 6.54 Å². The zero-order chi connectivity index (χ0) is 12.1. The minimum Gasteiger partial charge on any atom is -0.349 e. The molecule has 0 atom stereocenters. The van der Waals surface area contributed by atoms with Crippen molar-refractivity contribution in [3.8, 4) is 0 Å². The fourth-order valence-corrected chi connectivity index (χ4v) is 1.93. The van der Waals surface area contributed by atoms with E-state index in [1.165, 1.54) is 5.56 Å². The predicted molar refractivity (Wildman–Crippen MR) is 88.1 cm³/mol. The highest BCUT2D eigenvalue weighted by Crippen LogP contribution is 2.12. The van der Waals surface area contributed by atoms with Crippen LogP contribution in [0.1, 0.15) is 5.56 Å². The molecule has 1 rings (SSSR count). The number of benzene rings is 1. The summed E-state index contributed by atoms with van der Waals surface area (Å²) in [4.78, 5) is 8.61. The second kappa shape index (κ2) is 7.92. The number of hydrogen-bond donors (Lipinski definition) is 0. The van der Waals surface area contributed by atoms with E-state index in [2.05, 4.69) is 33.1 Å². The molecule has 1 aromatic carbocycles. The van der Waals surface area contributed by atoms with Gasteiger partial charge >= 0.3 is 0 Å². The number of nitrogens with zero attached hydrogens (tertiary/aromatic N) is 3. The van der Waals surface area contributed by atoms with E-state index in [4.69, 9.17) is 0 Å². The van der Waals surface area contributed by atoms with Gasteiger partial charge in [-0.05, 0) is 17.7 Å². The van der Waals surface area contributed by atoms with E-state index in [1.54, 1.807) is 0 Å². The SMILES string of the molecule is CN(C)C(=NCc1cccc(Br)c1)N(C)C.I. The van der Waals surface area contributed by atoms with E-state index < -0.39 is 0 Å². The molecule has 0 aromatic heterocycles. The molecule has 0 fully saturated rings. The smallest absolute Gasteiger partial charge is 0.195 e. The van der Waals surface area contributed by atoms with Gasteiger partial charge in [-0.15, -0.1) is 24.0 Å². The molecule has 0 spiro atoms. The average molecular weight is 412 g/mol. The molecule has 0 aliphatic heterocycles. The van der Waals surface area contributed by atoms with Crippen LogP contribution in [0.4, 0.5) is 0 Å². The fraction of sp³-hybridized carbons (Fsp3) is 0.417. The van der Waals surface area contributed by atoms with Gasteiger partial charge in [0.1, 0.15) is 0 Å². The topological polar surface area (TPSA) is 18.8 Å². The maximum Gasteiger partial charge on any atom is 0.195 e. The molecule has 3 nitrogen and oxygen atoms in total. The minimum atomic E-state index is 0. The molecule has 0 radical (unpaired) electrons. The fourth-order valence-electron chi connectivity index (χ4n) is 1.48. The molecule has 0 N–H and O–H groups in total. The van der Waals surface area contributed by atoms with Gasteiger partial charge in [-0.3, -0.25) is 0 Å². The zero-order valence-electron chi connectivity index (χ0n) is 10.6. The minimum absolute atomic E-state index is 0. The summed E-state index contributed by atoms with van der Waals surface area (Å²) in [6.07, 6.45) is 0. The van der Waals surface area contributed by atoms with Crippen molar-refractivity contribution < 1.29 is 0 Å². The number of aliphatic imine (C=N–C) groups is 1. The number of guanidine groups is 1. The lowest BCUT2D eigenvalue weighted by Crippen LogP contribution is -2.35. The third-order valence-electron chi connectivity index (χ3n) is 2.09. The van der Waals surface area contributed by atoms with E-state index in [0.29, 0.717) is 6.54 Å². The number of hydrogen-bond acceptors (Lipinski definition) is 1. The first kappa shape index (κ1) is 16.7. The van der Waals surface area contributed by atoms with Gasteiger partial charge < -0.3 is 9.80 Å². The summed E-state index contributed by atoms with van der Waals surface area (Å²) in [6.45, 7) is 0.700. The van der Waals surface area contributed by atoms with Crippen molar-refractivity contribution in [2.24, 2.45) is 4.99 Å². The van der Waals surface area contributed by atoms with E-state index in [1.807, 2.05) is 50.1 Å². The normalized spacial score (nSPS) is 9.24. The van der Waals surface area contributed by atoms with Crippen LogP contribution < -0.4 is 0 Å². The first-order valence-electron chi connectivity index (χ1n) is 5.14. The Kier molecular flexibility index (Phi) is 7.78. The van der Waals surface area contributed by atoms with Crippen LogP contribution in [0.25, 0.3) is 0 Å². The molecule has 0 saturated heterocycles. The highest BCUT2D eigenvalue weighted by Gasteiger charge is 2.03. The second-order valence-corrected chi connectivity index (χ2v) is 4.95. The van der Waals surface area contributed by atoms with Gasteiger partial charge in [0, 0.05) is 32.7 Å². The second-order valence-electron chi connectivity index (χ2n) is 4.04. The Morgan fingerprint density at radius 2 is 1.76 bits per heavy atom. The highest BCUT2D eigenvalue weighted by molar-refractivity contribution is 14.0. The third-order valence-corrected chi connectivity index (χ3v) is 2.59. The average Bonchev–Trinajstić information content (AvgIpc) is 2.16. The van der Waals surface area contributed by atoms with Gasteiger partial charge in [-0.1, -0.05) is 28.1 Å². The summed E-state index contributed by atoms with van der Waals surface area (Å²) in [7, 11) is 8.00. The molecule has 5 heteroatoms. The summed E-state index contributed by atoms with van der Waals surface area (Å²) < 4.78 is 1.09. The predicted octanol–water partition coefficient (Wildman–Crippen LogP) is 3.05. The molecular formula is C12H19BrIN3. The van der Waals surface area contributed by atoms with Crippen LogP contribution in [0, 0.1) is 0 Å². The Hall–Kier alpha value is -0.300. The van der Waals surface area contributed by atoms with E-state index >= 15 is 0 Å². The molecular weight excluding hydrogens is 393 g/mol. The van der Waals surface area contributed by atoms with E-state index in [0.717, 1.165) is 10.4 Å². The molecule has 0 aliphatic carbocycles. The van der Waals surface area contributed by atoms with Crippen molar-refractivity contribution in [2.45, 2.75) is 6.54 Å². The van der Waals surface area contributed by atoms with E-state index in [-0.39, 0.29) is 24.0 Å². The van der Waals surface area contributed by atoms with Crippen LogP contribution in [0.15, 0.2) is 33.7 Å². The molecule has 96 valence electrons. The van der Waals surface area contributed by atoms with Crippen LogP contribution >= 0.6 is 39.9 Å². The van der Waals surface area contributed by atoms with Crippen LogP contribution in [-0.2, 0) is 6.54 Å². The third kappa shape index (κ3) is 5.72. The lowest BCUT2D eigenvalue weighted by Gasteiger charge is -2.22. The molecule has 0 bridgehead atoms. The van der Waals surface area contributed by atoms with Crippen molar-refractivity contribution in [1.82, 2.24) is 9.80 Å². The first-order chi connectivity index (χ1) is 7.50. The lowest BCUT2D eigenvalue weighted by molar-refractivity contribution is 0.479. The molecule has 0 amide bonds. The maximum atomic E-state index is 4.58. The molecule has 17 heavy (non-hydrogen) atoms. The maximum absolute atomic E-state index is 4.58. The quantitative estimate of drug-likeness (QED) is 0.423. The van der Waals surface area contributed by atoms with Gasteiger partial charge in [-0.2, -0.15) is 0 Å². The number of halogens is 2. The van der Waals surface area contributed by atoms with Crippen molar-refractivity contribution >= 4 is 45.9 Å². The van der Waals surface area contributed by atoms with Crippen LogP contribution in [0.5, 0.6) is 0 Å². The summed E-state index contributed by atoms with van der Waals surface area (Å²) in [5, 5.41) is 0. The molecule has 0 saturated carbocycles. The van der Waals surface area contributed by atoms with Gasteiger partial charge in [-0.25, -0.2) is 4.99 Å². The van der Waals surface area contributed by atoms with Gasteiger partial charge in [0.2, 0.25) is 0 Å². The van der Waals surface area contributed by atoms with Crippen molar-refractivity contribution in [3.05, 3.63) is 34.3 Å². The summed E-state index contributed by atoms with van der Waals surface area (Å²) >= 11 is 3.46. The highest BCUT2D eigenvalue weighted by atomic mass is 127. The lowest BCUT2D eigenvalue weighted by atomic mass is 10.2. The summed E-state index contributed by atoms with van der Waals surface area (Å²) in [5.74, 6) is 0.972. The standard InChI is InChI=1S/C12H18BrN3.HI/c1-15(2)12(16(3)4)14-9-10-6-5-7-11(13)8-10;/h5-8H,9H2,1-4H3;1H. The Labute approximate surface area is 129 Å². The summed E-state index contributed by atoms with van der Waals surface area (Å²) in [5.41, 5.74) is 1.20. The Bertz CT molecular complexity index is 368.